The molecule has 0 fully saturated rings. The summed E-state index contributed by atoms with van der Waals surface area (Å²) in [6.45, 7) is 2.13. The van der Waals surface area contributed by atoms with Gasteiger partial charge < -0.3 is 4.74 Å². The van der Waals surface area contributed by atoms with Crippen LogP contribution in [-0.4, -0.2) is 5.97 Å². The Bertz CT molecular complexity index is 986. The van der Waals surface area contributed by atoms with E-state index < -0.39 is 5.60 Å². The van der Waals surface area contributed by atoms with E-state index in [-0.39, 0.29) is 5.97 Å². The largest absolute Gasteiger partial charge is 0.446 e. The van der Waals surface area contributed by atoms with Gasteiger partial charge in [0.15, 0.2) is 5.60 Å². The van der Waals surface area contributed by atoms with E-state index in [0.717, 1.165) is 34.7 Å². The second-order valence-electron chi connectivity index (χ2n) is 6.53. The molecule has 1 heterocycles. The molecule has 0 saturated carbocycles. The molecule has 3 aromatic carbocycles. The number of hydrogen-bond acceptors (Lipinski definition) is 2. The van der Waals surface area contributed by atoms with Crippen LogP contribution in [0.1, 0.15) is 39.0 Å². The molecule has 5 rings (SSSR count). The number of aryl methyl sites for hydroxylation is 1. The number of hydrogen-bond donors (Lipinski definition) is 0. The lowest BCUT2D eigenvalue weighted by Crippen LogP contribution is -2.24. The number of fused-ring (bicyclic) bond motifs is 6. The fraction of sp³-hybridized carbons (Fsp3) is 0.190. The fourth-order valence-electron chi connectivity index (χ4n) is 4.33. The monoisotopic (exact) mass is 300 g/mol. The van der Waals surface area contributed by atoms with Crippen molar-refractivity contribution in [1.29, 1.82) is 0 Å². The Kier molecular flexibility index (Phi) is 2.37. The molecule has 2 nitrogen and oxygen atoms in total. The van der Waals surface area contributed by atoms with Crippen LogP contribution < -0.4 is 0 Å². The van der Waals surface area contributed by atoms with Crippen LogP contribution in [0.25, 0.3) is 10.8 Å². The van der Waals surface area contributed by atoms with Gasteiger partial charge in [0.1, 0.15) is 0 Å². The van der Waals surface area contributed by atoms with Crippen LogP contribution in [0.3, 0.4) is 0 Å². The Morgan fingerprint density at radius 3 is 2.74 bits per heavy atom. The number of rotatable bonds is 0. The summed E-state index contributed by atoms with van der Waals surface area (Å²) in [6.07, 6.45) is 1.80. The summed E-state index contributed by atoms with van der Waals surface area (Å²) >= 11 is 0. The quantitative estimate of drug-likeness (QED) is 0.571. The molecule has 1 unspecified atom stereocenters. The molecule has 0 amide bonds. The average Bonchev–Trinajstić information content (AvgIpc) is 3.08. The summed E-state index contributed by atoms with van der Waals surface area (Å²) in [6, 6.07) is 18.5. The van der Waals surface area contributed by atoms with E-state index in [1.54, 1.807) is 0 Å². The van der Waals surface area contributed by atoms with Gasteiger partial charge in [0.05, 0.1) is 5.56 Å². The summed E-state index contributed by atoms with van der Waals surface area (Å²) in [5, 5.41) is 2.08. The van der Waals surface area contributed by atoms with Gasteiger partial charge in [-0.1, -0.05) is 54.6 Å². The van der Waals surface area contributed by atoms with Gasteiger partial charge in [-0.2, -0.15) is 0 Å². The van der Waals surface area contributed by atoms with E-state index in [0.29, 0.717) is 0 Å². The Balaban J connectivity index is 1.85. The SMILES string of the molecule is Cc1cccc2c1CCC21OC(=O)c2c1ccc1ccccc21. The van der Waals surface area contributed by atoms with Crippen molar-refractivity contribution in [3.8, 4) is 0 Å². The first-order valence-electron chi connectivity index (χ1n) is 8.05. The topological polar surface area (TPSA) is 26.3 Å². The van der Waals surface area contributed by atoms with Crippen molar-refractivity contribution in [2.45, 2.75) is 25.4 Å². The van der Waals surface area contributed by atoms with Gasteiger partial charge in [0.2, 0.25) is 0 Å². The maximum atomic E-state index is 12.7. The van der Waals surface area contributed by atoms with Crippen LogP contribution in [0.2, 0.25) is 0 Å². The minimum Gasteiger partial charge on any atom is -0.446 e. The van der Waals surface area contributed by atoms with Crippen molar-refractivity contribution in [2.24, 2.45) is 0 Å². The third-order valence-electron chi connectivity index (χ3n) is 5.41. The zero-order chi connectivity index (χ0) is 15.6. The van der Waals surface area contributed by atoms with Gasteiger partial charge in [0, 0.05) is 11.1 Å². The lowest BCUT2D eigenvalue weighted by Gasteiger charge is -2.25. The lowest BCUT2D eigenvalue weighted by molar-refractivity contribution is 0.0116. The third kappa shape index (κ3) is 1.51. The van der Waals surface area contributed by atoms with Crippen LogP contribution in [0.15, 0.2) is 54.6 Å². The summed E-state index contributed by atoms with van der Waals surface area (Å²) in [5.41, 5.74) is 4.98. The molecule has 2 heteroatoms. The van der Waals surface area contributed by atoms with Crippen LogP contribution >= 0.6 is 0 Å². The highest BCUT2D eigenvalue weighted by Crippen LogP contribution is 2.52. The Hall–Kier alpha value is -2.61. The van der Waals surface area contributed by atoms with Crippen molar-refractivity contribution < 1.29 is 9.53 Å². The first-order valence-corrected chi connectivity index (χ1v) is 8.05. The van der Waals surface area contributed by atoms with E-state index in [2.05, 4.69) is 37.3 Å². The number of ether oxygens (including phenoxy) is 1. The molecule has 0 bridgehead atoms. The van der Waals surface area contributed by atoms with Crippen molar-refractivity contribution in [2.75, 3.05) is 0 Å². The highest BCUT2D eigenvalue weighted by atomic mass is 16.6. The Labute approximate surface area is 134 Å². The molecule has 0 aromatic heterocycles. The third-order valence-corrected chi connectivity index (χ3v) is 5.41. The van der Waals surface area contributed by atoms with E-state index >= 15 is 0 Å². The zero-order valence-electron chi connectivity index (χ0n) is 12.9. The van der Waals surface area contributed by atoms with E-state index in [1.807, 2.05) is 24.3 Å². The lowest BCUT2D eigenvalue weighted by atomic mass is 9.85. The molecule has 0 N–H and O–H groups in total. The van der Waals surface area contributed by atoms with Gasteiger partial charge >= 0.3 is 5.97 Å². The number of benzene rings is 3. The van der Waals surface area contributed by atoms with Crippen LogP contribution in [0.5, 0.6) is 0 Å². The minimum absolute atomic E-state index is 0.189. The summed E-state index contributed by atoms with van der Waals surface area (Å²) < 4.78 is 6.03. The number of esters is 1. The van der Waals surface area contributed by atoms with E-state index in [4.69, 9.17) is 4.74 Å². The molecule has 0 radical (unpaired) electrons. The molecule has 0 saturated heterocycles. The Morgan fingerprint density at radius 2 is 1.83 bits per heavy atom. The van der Waals surface area contributed by atoms with Crippen LogP contribution in [0.4, 0.5) is 0 Å². The molecule has 2 aliphatic rings. The molecule has 3 aromatic rings. The molecule has 112 valence electrons. The van der Waals surface area contributed by atoms with Crippen molar-refractivity contribution in [3.05, 3.63) is 82.4 Å². The van der Waals surface area contributed by atoms with Crippen LogP contribution in [0, 0.1) is 6.92 Å². The van der Waals surface area contributed by atoms with Crippen molar-refractivity contribution in [1.82, 2.24) is 0 Å². The first-order chi connectivity index (χ1) is 11.2. The first kappa shape index (κ1) is 12.9. The standard InChI is InChI=1S/C21H16O2/c1-13-5-4-8-17-15(13)11-12-21(17)18-10-9-14-6-2-3-7-16(14)19(18)20(22)23-21/h2-10H,11-12H2,1H3. The number of carbonyl (C=O) groups is 1. The van der Waals surface area contributed by atoms with Gasteiger partial charge in [0.25, 0.3) is 0 Å². The summed E-state index contributed by atoms with van der Waals surface area (Å²) in [5.74, 6) is -0.189. The maximum absolute atomic E-state index is 12.7. The normalized spacial score (nSPS) is 21.5. The highest BCUT2D eigenvalue weighted by molar-refractivity contribution is 6.08. The van der Waals surface area contributed by atoms with Crippen LogP contribution in [-0.2, 0) is 16.8 Å². The molecular weight excluding hydrogens is 284 g/mol. The zero-order valence-corrected chi connectivity index (χ0v) is 12.9. The predicted molar refractivity (Wildman–Crippen MR) is 89.6 cm³/mol. The van der Waals surface area contributed by atoms with Crippen molar-refractivity contribution in [3.63, 3.8) is 0 Å². The van der Waals surface area contributed by atoms with Gasteiger partial charge in [-0.05, 0) is 41.7 Å². The predicted octanol–water partition coefficient (Wildman–Crippen LogP) is 4.51. The van der Waals surface area contributed by atoms with E-state index in [9.17, 15) is 4.79 Å². The molecular formula is C21H16O2. The molecule has 1 spiro atoms. The van der Waals surface area contributed by atoms with Gasteiger partial charge in [-0.25, -0.2) is 4.79 Å². The second kappa shape index (κ2) is 4.23. The minimum atomic E-state index is -0.586. The van der Waals surface area contributed by atoms with Gasteiger partial charge in [-0.15, -0.1) is 0 Å². The average molecular weight is 300 g/mol. The molecule has 1 aliphatic carbocycles. The summed E-state index contributed by atoms with van der Waals surface area (Å²) in [4.78, 5) is 12.7. The maximum Gasteiger partial charge on any atom is 0.340 e. The van der Waals surface area contributed by atoms with Crippen molar-refractivity contribution >= 4 is 16.7 Å². The second-order valence-corrected chi connectivity index (χ2v) is 6.53. The fourth-order valence-corrected chi connectivity index (χ4v) is 4.33. The Morgan fingerprint density at radius 1 is 0.957 bits per heavy atom. The molecule has 1 aliphatic heterocycles. The summed E-state index contributed by atoms with van der Waals surface area (Å²) in [7, 11) is 0. The molecule has 23 heavy (non-hydrogen) atoms. The van der Waals surface area contributed by atoms with E-state index in [1.165, 1.54) is 16.7 Å². The number of carbonyl (C=O) groups excluding carboxylic acids is 1. The highest BCUT2D eigenvalue weighted by Gasteiger charge is 2.51. The molecule has 1 atom stereocenters. The van der Waals surface area contributed by atoms with Gasteiger partial charge in [-0.3, -0.25) is 0 Å². The smallest absolute Gasteiger partial charge is 0.340 e.